The summed E-state index contributed by atoms with van der Waals surface area (Å²) in [7, 11) is -3.75. The highest BCUT2D eigenvalue weighted by molar-refractivity contribution is 7.92. The molecule has 0 radical (unpaired) electrons. The molecule has 9 heteroatoms. The molecule has 0 bridgehead atoms. The summed E-state index contributed by atoms with van der Waals surface area (Å²) in [6, 6.07) is 13.1. The van der Waals surface area contributed by atoms with Gasteiger partial charge in [-0.1, -0.05) is 48.9 Å². The first kappa shape index (κ1) is 26.7. The van der Waals surface area contributed by atoms with Crippen LogP contribution in [0.5, 0.6) is 0 Å². The van der Waals surface area contributed by atoms with Gasteiger partial charge >= 0.3 is 0 Å². The van der Waals surface area contributed by atoms with Gasteiger partial charge in [-0.3, -0.25) is 13.9 Å². The molecule has 0 heterocycles. The Bertz CT molecular complexity index is 1090. The van der Waals surface area contributed by atoms with Crippen LogP contribution in [0.3, 0.4) is 0 Å². The van der Waals surface area contributed by atoms with Gasteiger partial charge in [0.05, 0.1) is 11.9 Å². The van der Waals surface area contributed by atoms with E-state index in [1.807, 2.05) is 13.8 Å². The molecule has 0 saturated heterocycles. The van der Waals surface area contributed by atoms with Crippen LogP contribution in [0.15, 0.2) is 48.5 Å². The zero-order valence-corrected chi connectivity index (χ0v) is 21.3. The third-order valence-corrected chi connectivity index (χ3v) is 6.84. The summed E-state index contributed by atoms with van der Waals surface area (Å²) in [5.41, 5.74) is 1.88. The smallest absolute Gasteiger partial charge is 0.244 e. The van der Waals surface area contributed by atoms with E-state index in [9.17, 15) is 18.0 Å². The second kappa shape index (κ2) is 11.5. The molecule has 7 nitrogen and oxygen atoms in total. The molecule has 2 aromatic carbocycles. The fourth-order valence-corrected chi connectivity index (χ4v) is 4.44. The molecule has 0 aliphatic carbocycles. The Kier molecular flexibility index (Phi) is 9.31. The Balaban J connectivity index is 2.40. The molecule has 2 amide bonds. The summed E-state index contributed by atoms with van der Waals surface area (Å²) in [5.74, 6) is -0.794. The van der Waals surface area contributed by atoms with Gasteiger partial charge in [0.2, 0.25) is 21.8 Å². The lowest BCUT2D eigenvalue weighted by molar-refractivity contribution is -0.139. The second-order valence-electron chi connectivity index (χ2n) is 8.20. The third-order valence-electron chi connectivity index (χ3n) is 5.47. The summed E-state index contributed by atoms with van der Waals surface area (Å²) in [5, 5.41) is 3.40. The zero-order valence-electron chi connectivity index (χ0n) is 19.7. The van der Waals surface area contributed by atoms with E-state index in [2.05, 4.69) is 5.32 Å². The van der Waals surface area contributed by atoms with E-state index in [1.165, 1.54) is 4.90 Å². The van der Waals surface area contributed by atoms with Crippen LogP contribution in [0.25, 0.3) is 0 Å². The first-order chi connectivity index (χ1) is 15.4. The summed E-state index contributed by atoms with van der Waals surface area (Å²) < 4.78 is 26.3. The molecule has 0 unspecified atom stereocenters. The number of hydrogen-bond acceptors (Lipinski definition) is 4. The number of hydrogen-bond donors (Lipinski definition) is 1. The summed E-state index contributed by atoms with van der Waals surface area (Å²) in [4.78, 5) is 27.7. The van der Waals surface area contributed by atoms with Crippen molar-refractivity contribution in [1.29, 1.82) is 0 Å². The molecule has 0 aliphatic rings. The van der Waals surface area contributed by atoms with E-state index < -0.39 is 28.5 Å². The minimum absolute atomic E-state index is 0.0532. The van der Waals surface area contributed by atoms with Crippen LogP contribution in [0.1, 0.15) is 38.3 Å². The predicted molar refractivity (Wildman–Crippen MR) is 133 cm³/mol. The molecule has 2 rings (SSSR count). The topological polar surface area (TPSA) is 86.8 Å². The van der Waals surface area contributed by atoms with E-state index in [4.69, 9.17) is 11.6 Å². The van der Waals surface area contributed by atoms with Crippen molar-refractivity contribution in [1.82, 2.24) is 10.2 Å². The first-order valence-corrected chi connectivity index (χ1v) is 13.0. The van der Waals surface area contributed by atoms with Crippen LogP contribution in [0.2, 0.25) is 5.02 Å². The van der Waals surface area contributed by atoms with Gasteiger partial charge in [-0.05, 0) is 56.5 Å². The molecule has 0 aromatic heterocycles. The molecule has 0 spiro atoms. The number of anilines is 1. The SMILES string of the molecule is CC[C@@H](C)NC(=O)[C@H](C)N(Cc1cccc(Cl)c1)C(=O)CN(c1ccccc1C)S(C)(=O)=O. The maximum absolute atomic E-state index is 13.5. The molecule has 0 aliphatic heterocycles. The lowest BCUT2D eigenvalue weighted by Gasteiger charge is -2.32. The highest BCUT2D eigenvalue weighted by Crippen LogP contribution is 2.23. The normalized spacial score (nSPS) is 13.2. The number of rotatable bonds is 10. The van der Waals surface area contributed by atoms with Gasteiger partial charge in [0, 0.05) is 17.6 Å². The maximum atomic E-state index is 13.5. The third kappa shape index (κ3) is 7.47. The number of carbonyl (C=O) groups is 2. The lowest BCUT2D eigenvalue weighted by Crippen LogP contribution is -2.52. The maximum Gasteiger partial charge on any atom is 0.244 e. The minimum atomic E-state index is -3.75. The molecular weight excluding hydrogens is 462 g/mol. The average molecular weight is 494 g/mol. The Labute approximate surface area is 201 Å². The molecule has 1 N–H and O–H groups in total. The number of carbonyl (C=O) groups excluding carboxylic acids is 2. The average Bonchev–Trinajstić information content (AvgIpc) is 2.75. The number of aryl methyl sites for hydroxylation is 1. The molecular formula is C24H32ClN3O4S. The number of para-hydroxylation sites is 1. The predicted octanol–water partition coefficient (Wildman–Crippen LogP) is 3.75. The number of nitrogens with zero attached hydrogens (tertiary/aromatic N) is 2. The van der Waals surface area contributed by atoms with Crippen molar-refractivity contribution < 1.29 is 18.0 Å². The van der Waals surface area contributed by atoms with Gasteiger partial charge in [0.1, 0.15) is 12.6 Å². The fraction of sp³-hybridized carbons (Fsp3) is 0.417. The van der Waals surface area contributed by atoms with E-state index in [0.717, 1.165) is 28.1 Å². The van der Waals surface area contributed by atoms with Crippen molar-refractivity contribution in [3.8, 4) is 0 Å². The molecule has 0 fully saturated rings. The Morgan fingerprint density at radius 2 is 1.76 bits per heavy atom. The van der Waals surface area contributed by atoms with Crippen molar-refractivity contribution in [3.05, 3.63) is 64.7 Å². The van der Waals surface area contributed by atoms with Crippen LogP contribution in [-0.4, -0.2) is 50.0 Å². The summed E-state index contributed by atoms with van der Waals surface area (Å²) in [6.07, 6.45) is 1.81. The number of nitrogens with one attached hydrogen (secondary N) is 1. The summed E-state index contributed by atoms with van der Waals surface area (Å²) >= 11 is 6.11. The highest BCUT2D eigenvalue weighted by Gasteiger charge is 2.30. The number of halogens is 1. The fourth-order valence-electron chi connectivity index (χ4n) is 3.32. The van der Waals surface area contributed by atoms with Crippen molar-refractivity contribution in [2.75, 3.05) is 17.1 Å². The molecule has 180 valence electrons. The van der Waals surface area contributed by atoms with E-state index in [0.29, 0.717) is 10.7 Å². The van der Waals surface area contributed by atoms with Crippen LogP contribution >= 0.6 is 11.6 Å². The van der Waals surface area contributed by atoms with Gasteiger partial charge in [0.15, 0.2) is 0 Å². The quantitative estimate of drug-likeness (QED) is 0.546. The number of sulfonamides is 1. The van der Waals surface area contributed by atoms with Crippen molar-refractivity contribution in [3.63, 3.8) is 0 Å². The molecule has 2 atom stereocenters. The van der Waals surface area contributed by atoms with Gasteiger partial charge in [-0.15, -0.1) is 0 Å². The Hall–Kier alpha value is -2.58. The van der Waals surface area contributed by atoms with E-state index >= 15 is 0 Å². The Morgan fingerprint density at radius 3 is 2.33 bits per heavy atom. The van der Waals surface area contributed by atoms with Gasteiger partial charge in [-0.2, -0.15) is 0 Å². The van der Waals surface area contributed by atoms with E-state index in [1.54, 1.807) is 62.4 Å². The second-order valence-corrected chi connectivity index (χ2v) is 10.5. The molecule has 33 heavy (non-hydrogen) atoms. The van der Waals surface area contributed by atoms with Crippen LogP contribution in [0, 0.1) is 6.92 Å². The van der Waals surface area contributed by atoms with Gasteiger partial charge < -0.3 is 10.2 Å². The number of amides is 2. The largest absolute Gasteiger partial charge is 0.352 e. The molecule has 0 saturated carbocycles. The van der Waals surface area contributed by atoms with Crippen molar-refractivity contribution in [2.24, 2.45) is 0 Å². The number of benzene rings is 2. The molecule has 2 aromatic rings. The van der Waals surface area contributed by atoms with Crippen LogP contribution in [-0.2, 0) is 26.2 Å². The standard InChI is InChI=1S/C24H32ClN3O4S/c1-6-18(3)26-24(30)19(4)27(15-20-11-9-12-21(25)14-20)23(29)16-28(33(5,31)32)22-13-8-7-10-17(22)2/h7-14,18-19H,6,15-16H2,1-5H3,(H,26,30)/t18-,19+/m1/s1. The lowest BCUT2D eigenvalue weighted by atomic mass is 10.1. The van der Waals surface area contributed by atoms with Crippen LogP contribution in [0.4, 0.5) is 5.69 Å². The van der Waals surface area contributed by atoms with Gasteiger partial charge in [-0.25, -0.2) is 8.42 Å². The summed E-state index contributed by atoms with van der Waals surface area (Å²) in [6.45, 7) is 6.95. The Morgan fingerprint density at radius 1 is 1.09 bits per heavy atom. The van der Waals surface area contributed by atoms with Crippen LogP contribution < -0.4 is 9.62 Å². The minimum Gasteiger partial charge on any atom is -0.352 e. The monoisotopic (exact) mass is 493 g/mol. The zero-order chi connectivity index (χ0) is 24.8. The van der Waals surface area contributed by atoms with E-state index in [-0.39, 0.29) is 18.5 Å². The van der Waals surface area contributed by atoms with Crippen molar-refractivity contribution in [2.45, 2.75) is 52.7 Å². The first-order valence-electron chi connectivity index (χ1n) is 10.8. The highest BCUT2D eigenvalue weighted by atomic mass is 35.5. The van der Waals surface area contributed by atoms with Gasteiger partial charge in [0.25, 0.3) is 0 Å². The van der Waals surface area contributed by atoms with Crippen molar-refractivity contribution >= 4 is 39.1 Å².